The molecule has 0 amide bonds. The fourth-order valence-electron chi connectivity index (χ4n) is 1.27. The Hall–Kier alpha value is 0.0300. The molecule has 7 heteroatoms. The fraction of sp³-hybridized carbons (Fsp3) is 0.400. The number of nitrogens with two attached hydrogens (primary N) is 1. The van der Waals surface area contributed by atoms with Crippen molar-refractivity contribution >= 4 is 39.9 Å². The van der Waals surface area contributed by atoms with Gasteiger partial charge in [-0.1, -0.05) is 27.5 Å². The van der Waals surface area contributed by atoms with E-state index in [1.54, 1.807) is 18.2 Å². The first-order chi connectivity index (χ1) is 7.29. The van der Waals surface area contributed by atoms with Crippen molar-refractivity contribution in [2.24, 2.45) is 5.73 Å². The lowest BCUT2D eigenvalue weighted by Gasteiger charge is -2.15. The van der Waals surface area contributed by atoms with Crippen LogP contribution in [0, 0.1) is 0 Å². The van der Waals surface area contributed by atoms with Gasteiger partial charge in [0, 0.05) is 22.0 Å². The van der Waals surface area contributed by atoms with Crippen molar-refractivity contribution < 1.29 is 13.2 Å². The molecule has 2 N–H and O–H groups in total. The summed E-state index contributed by atoms with van der Waals surface area (Å²) < 4.78 is 36.7. The maximum atomic E-state index is 12.0. The molecule has 98 valence electrons. The van der Waals surface area contributed by atoms with Gasteiger partial charge in [0.25, 0.3) is 0 Å². The van der Waals surface area contributed by atoms with Crippen molar-refractivity contribution in [3.05, 3.63) is 33.3 Å². The van der Waals surface area contributed by atoms with Crippen molar-refractivity contribution in [1.82, 2.24) is 0 Å². The van der Waals surface area contributed by atoms with E-state index in [9.17, 15) is 13.2 Å². The van der Waals surface area contributed by atoms with Gasteiger partial charge in [-0.15, -0.1) is 12.4 Å². The van der Waals surface area contributed by atoms with Crippen LogP contribution >= 0.6 is 39.9 Å². The third-order valence-electron chi connectivity index (χ3n) is 2.10. The molecule has 0 fully saturated rings. The average molecular weight is 353 g/mol. The Morgan fingerprint density at radius 1 is 1.35 bits per heavy atom. The molecule has 17 heavy (non-hydrogen) atoms. The largest absolute Gasteiger partial charge is 0.389 e. The number of hydrogen-bond donors (Lipinski definition) is 1. The highest BCUT2D eigenvalue weighted by Crippen LogP contribution is 2.31. The Bertz CT molecular complexity index is 371. The van der Waals surface area contributed by atoms with E-state index < -0.39 is 18.6 Å². The van der Waals surface area contributed by atoms with Gasteiger partial charge in [-0.2, -0.15) is 13.2 Å². The minimum absolute atomic E-state index is 0. The SMILES string of the molecule is Cl.N[C@H](CCC(F)(F)F)c1cc(Cl)ccc1Br. The van der Waals surface area contributed by atoms with Crippen LogP contribution in [0.25, 0.3) is 0 Å². The predicted molar refractivity (Wildman–Crippen MR) is 68.6 cm³/mol. The molecular weight excluding hydrogens is 342 g/mol. The average Bonchev–Trinajstić information content (AvgIpc) is 2.17. The molecule has 0 bridgehead atoms. The van der Waals surface area contributed by atoms with Crippen LogP contribution in [-0.4, -0.2) is 6.18 Å². The van der Waals surface area contributed by atoms with E-state index in [-0.39, 0.29) is 18.8 Å². The second-order valence-corrected chi connectivity index (χ2v) is 4.72. The maximum absolute atomic E-state index is 12.0. The molecule has 0 heterocycles. The molecule has 0 spiro atoms. The van der Waals surface area contributed by atoms with Crippen LogP contribution in [0.2, 0.25) is 5.02 Å². The summed E-state index contributed by atoms with van der Waals surface area (Å²) >= 11 is 8.98. The molecule has 1 aromatic carbocycles. The number of rotatable bonds is 3. The first-order valence-electron chi connectivity index (χ1n) is 4.57. The lowest BCUT2D eigenvalue weighted by Crippen LogP contribution is -2.16. The minimum Gasteiger partial charge on any atom is -0.324 e. The van der Waals surface area contributed by atoms with Crippen LogP contribution in [0.4, 0.5) is 13.2 Å². The maximum Gasteiger partial charge on any atom is 0.389 e. The molecule has 0 aliphatic heterocycles. The van der Waals surface area contributed by atoms with Gasteiger partial charge in [-0.05, 0) is 30.2 Å². The van der Waals surface area contributed by atoms with E-state index in [4.69, 9.17) is 17.3 Å². The highest BCUT2D eigenvalue weighted by atomic mass is 79.9. The van der Waals surface area contributed by atoms with Crippen LogP contribution < -0.4 is 5.73 Å². The van der Waals surface area contributed by atoms with E-state index in [0.29, 0.717) is 15.1 Å². The van der Waals surface area contributed by atoms with Gasteiger partial charge in [-0.3, -0.25) is 0 Å². The van der Waals surface area contributed by atoms with Crippen LogP contribution in [0.1, 0.15) is 24.4 Å². The van der Waals surface area contributed by atoms with Crippen LogP contribution in [0.15, 0.2) is 22.7 Å². The summed E-state index contributed by atoms with van der Waals surface area (Å²) in [5.74, 6) is 0. The van der Waals surface area contributed by atoms with Gasteiger partial charge < -0.3 is 5.73 Å². The Balaban J connectivity index is 0.00000256. The number of halogens is 6. The molecule has 0 saturated heterocycles. The first kappa shape index (κ1) is 17.0. The summed E-state index contributed by atoms with van der Waals surface area (Å²) in [6, 6.07) is 4.22. The Kier molecular flexibility index (Phi) is 6.84. The van der Waals surface area contributed by atoms with Crippen LogP contribution in [0.3, 0.4) is 0 Å². The molecule has 0 radical (unpaired) electrons. The summed E-state index contributed by atoms with van der Waals surface area (Å²) in [5, 5.41) is 0.459. The Morgan fingerprint density at radius 2 is 1.94 bits per heavy atom. The van der Waals surface area contributed by atoms with E-state index in [2.05, 4.69) is 15.9 Å². The molecule has 1 atom stereocenters. The summed E-state index contributed by atoms with van der Waals surface area (Å²) in [5.41, 5.74) is 6.28. The zero-order valence-corrected chi connectivity index (χ0v) is 11.8. The minimum atomic E-state index is -4.18. The number of alkyl halides is 3. The highest BCUT2D eigenvalue weighted by Gasteiger charge is 2.28. The standard InChI is InChI=1S/C10H10BrClF3N.ClH/c11-8-2-1-6(12)5-7(8)9(16)3-4-10(13,14)15;/h1-2,5,9H,3-4,16H2;1H/t9-;/m1./s1. The fourth-order valence-corrected chi connectivity index (χ4v) is 1.99. The van der Waals surface area contributed by atoms with Crippen LogP contribution in [-0.2, 0) is 0 Å². The lowest BCUT2D eigenvalue weighted by molar-refractivity contribution is -0.136. The van der Waals surface area contributed by atoms with Crippen molar-refractivity contribution in [2.75, 3.05) is 0 Å². The third-order valence-corrected chi connectivity index (χ3v) is 3.05. The van der Waals surface area contributed by atoms with Crippen molar-refractivity contribution in [3.8, 4) is 0 Å². The smallest absolute Gasteiger partial charge is 0.324 e. The van der Waals surface area contributed by atoms with E-state index in [0.717, 1.165) is 0 Å². The van der Waals surface area contributed by atoms with Crippen molar-refractivity contribution in [3.63, 3.8) is 0 Å². The molecule has 1 aromatic rings. The monoisotopic (exact) mass is 351 g/mol. The summed E-state index contributed by atoms with van der Waals surface area (Å²) in [4.78, 5) is 0. The normalized spacial score (nSPS) is 13.1. The summed E-state index contributed by atoms with van der Waals surface area (Å²) in [6.45, 7) is 0. The van der Waals surface area contributed by atoms with E-state index >= 15 is 0 Å². The predicted octanol–water partition coefficient (Wildman–Crippen LogP) is 4.87. The Morgan fingerprint density at radius 3 is 2.47 bits per heavy atom. The molecule has 0 saturated carbocycles. The van der Waals surface area contributed by atoms with Gasteiger partial charge in [0.2, 0.25) is 0 Å². The topological polar surface area (TPSA) is 26.0 Å². The van der Waals surface area contributed by atoms with Gasteiger partial charge in [-0.25, -0.2) is 0 Å². The second-order valence-electron chi connectivity index (χ2n) is 3.43. The third kappa shape index (κ3) is 5.95. The van der Waals surface area contributed by atoms with E-state index in [1.165, 1.54) is 0 Å². The molecule has 0 unspecified atom stereocenters. The van der Waals surface area contributed by atoms with Gasteiger partial charge in [0.05, 0.1) is 0 Å². The van der Waals surface area contributed by atoms with Gasteiger partial charge in [0.1, 0.15) is 0 Å². The molecule has 0 aromatic heterocycles. The highest BCUT2D eigenvalue weighted by molar-refractivity contribution is 9.10. The zero-order chi connectivity index (χ0) is 12.3. The van der Waals surface area contributed by atoms with Gasteiger partial charge >= 0.3 is 6.18 Å². The van der Waals surface area contributed by atoms with E-state index in [1.807, 2.05) is 0 Å². The first-order valence-corrected chi connectivity index (χ1v) is 5.74. The zero-order valence-electron chi connectivity index (χ0n) is 8.60. The molecule has 0 aliphatic rings. The molecule has 1 nitrogen and oxygen atoms in total. The number of hydrogen-bond acceptors (Lipinski definition) is 1. The Labute approximate surface area is 117 Å². The summed E-state index contributed by atoms with van der Waals surface area (Å²) in [7, 11) is 0. The van der Waals surface area contributed by atoms with Crippen molar-refractivity contribution in [1.29, 1.82) is 0 Å². The summed E-state index contributed by atoms with van der Waals surface area (Å²) in [6.07, 6.45) is -5.22. The molecule has 1 rings (SSSR count). The van der Waals surface area contributed by atoms with Gasteiger partial charge in [0.15, 0.2) is 0 Å². The molecular formula is C10H11BrCl2F3N. The quantitative estimate of drug-likeness (QED) is 0.825. The number of benzene rings is 1. The van der Waals surface area contributed by atoms with Crippen LogP contribution in [0.5, 0.6) is 0 Å². The second kappa shape index (κ2) is 6.83. The lowest BCUT2D eigenvalue weighted by atomic mass is 10.0. The van der Waals surface area contributed by atoms with Crippen molar-refractivity contribution in [2.45, 2.75) is 25.1 Å². The molecule has 0 aliphatic carbocycles.